The normalized spacial score (nSPS) is 11.1. The summed E-state index contributed by atoms with van der Waals surface area (Å²) in [4.78, 5) is 31.8. The van der Waals surface area contributed by atoms with Crippen LogP contribution in [0.15, 0.2) is 46.1 Å². The van der Waals surface area contributed by atoms with Crippen molar-refractivity contribution in [3.63, 3.8) is 0 Å². The van der Waals surface area contributed by atoms with E-state index < -0.39 is 0 Å². The van der Waals surface area contributed by atoms with Crippen molar-refractivity contribution >= 4 is 16.7 Å². The number of aryl methyl sites for hydroxylation is 2. The second kappa shape index (κ2) is 7.15. The van der Waals surface area contributed by atoms with Gasteiger partial charge in [-0.25, -0.2) is 9.78 Å². The van der Waals surface area contributed by atoms with Crippen LogP contribution in [0.2, 0.25) is 0 Å². The number of hydrogen-bond acceptors (Lipinski definition) is 4. The van der Waals surface area contributed by atoms with Crippen molar-refractivity contribution < 1.29 is 0 Å². The Morgan fingerprint density at radius 3 is 2.35 bits per heavy atom. The van der Waals surface area contributed by atoms with Crippen LogP contribution in [-0.2, 0) is 27.1 Å². The lowest BCUT2D eigenvalue weighted by Crippen LogP contribution is -2.38. The summed E-state index contributed by atoms with van der Waals surface area (Å²) in [6, 6.07) is 10.2. The predicted octanol–water partition coefficient (Wildman–Crippen LogP) is 2.22. The summed E-state index contributed by atoms with van der Waals surface area (Å²) in [5, 5.41) is 0.506. The van der Waals surface area contributed by atoms with Crippen molar-refractivity contribution in [3.8, 4) is 0 Å². The Morgan fingerprint density at radius 2 is 1.73 bits per heavy atom. The molecule has 0 radical (unpaired) electrons. The summed E-state index contributed by atoms with van der Waals surface area (Å²) < 4.78 is 2.60. The van der Waals surface area contributed by atoms with Gasteiger partial charge in [-0.05, 0) is 24.5 Å². The third-order valence-electron chi connectivity index (χ3n) is 4.81. The third kappa shape index (κ3) is 2.92. The number of pyridine rings is 1. The van der Waals surface area contributed by atoms with Crippen LogP contribution in [0.25, 0.3) is 11.0 Å². The average Bonchev–Trinajstić information content (AvgIpc) is 2.68. The summed E-state index contributed by atoms with van der Waals surface area (Å²) in [5.41, 5.74) is 2.81. The van der Waals surface area contributed by atoms with Crippen molar-refractivity contribution in [3.05, 3.63) is 68.5 Å². The number of benzene rings is 1. The van der Waals surface area contributed by atoms with Crippen molar-refractivity contribution in [2.24, 2.45) is 14.1 Å². The maximum Gasteiger partial charge on any atom is 0.332 e. The van der Waals surface area contributed by atoms with E-state index in [-0.39, 0.29) is 11.2 Å². The molecular formula is C20H24N4O2. The molecule has 3 aromatic rings. The fraction of sp³-hybridized carbons (Fsp3) is 0.350. The standard InChI is InChI=1S/C20H24N4O2/c1-5-15-12-21-18-16(19(25)23(4)20(26)22(18)3)17(15)24(6-2)13-14-10-8-7-9-11-14/h7-12H,5-6,13H2,1-4H3. The molecule has 0 atom stereocenters. The fourth-order valence-corrected chi connectivity index (χ4v) is 3.33. The van der Waals surface area contributed by atoms with E-state index in [2.05, 4.69) is 35.9 Å². The molecule has 0 N–H and O–H groups in total. The quantitative estimate of drug-likeness (QED) is 0.706. The van der Waals surface area contributed by atoms with Gasteiger partial charge >= 0.3 is 5.69 Å². The van der Waals surface area contributed by atoms with Crippen LogP contribution < -0.4 is 16.1 Å². The smallest absolute Gasteiger partial charge is 0.332 e. The molecule has 0 unspecified atom stereocenters. The first kappa shape index (κ1) is 17.9. The maximum absolute atomic E-state index is 12.9. The molecule has 0 saturated carbocycles. The molecular weight excluding hydrogens is 328 g/mol. The van der Waals surface area contributed by atoms with Gasteiger partial charge < -0.3 is 4.90 Å². The SMILES string of the molecule is CCc1cnc2c(c1N(CC)Cc1ccccc1)c(=O)n(C)c(=O)n2C. The highest BCUT2D eigenvalue weighted by Crippen LogP contribution is 2.28. The van der Waals surface area contributed by atoms with Crippen LogP contribution in [0.4, 0.5) is 5.69 Å². The number of anilines is 1. The number of fused-ring (bicyclic) bond motifs is 1. The van der Waals surface area contributed by atoms with Crippen LogP contribution in [0, 0.1) is 0 Å². The number of rotatable bonds is 5. The van der Waals surface area contributed by atoms with Gasteiger partial charge in [0.25, 0.3) is 5.56 Å². The Balaban J connectivity index is 2.32. The Morgan fingerprint density at radius 1 is 1.04 bits per heavy atom. The molecule has 1 aromatic carbocycles. The fourth-order valence-electron chi connectivity index (χ4n) is 3.33. The summed E-state index contributed by atoms with van der Waals surface area (Å²) in [5.74, 6) is 0. The van der Waals surface area contributed by atoms with Crippen LogP contribution >= 0.6 is 0 Å². The molecule has 136 valence electrons. The third-order valence-corrected chi connectivity index (χ3v) is 4.81. The molecule has 2 aromatic heterocycles. The van der Waals surface area contributed by atoms with Crippen LogP contribution in [0.5, 0.6) is 0 Å². The number of aromatic nitrogens is 3. The molecule has 0 amide bonds. The van der Waals surface area contributed by atoms with E-state index in [9.17, 15) is 9.59 Å². The molecule has 0 aliphatic carbocycles. The molecule has 0 aliphatic rings. The molecule has 0 aliphatic heterocycles. The lowest BCUT2D eigenvalue weighted by atomic mass is 10.1. The van der Waals surface area contributed by atoms with Crippen molar-refractivity contribution in [2.45, 2.75) is 26.8 Å². The topological polar surface area (TPSA) is 60.1 Å². The highest BCUT2D eigenvalue weighted by molar-refractivity contribution is 5.90. The molecule has 6 nitrogen and oxygen atoms in total. The van der Waals surface area contributed by atoms with Crippen molar-refractivity contribution in [1.29, 1.82) is 0 Å². The molecule has 0 saturated heterocycles. The minimum Gasteiger partial charge on any atom is -0.366 e. The van der Waals surface area contributed by atoms with Gasteiger partial charge in [-0.15, -0.1) is 0 Å². The Bertz CT molecular complexity index is 1050. The van der Waals surface area contributed by atoms with Gasteiger partial charge in [0.05, 0.1) is 5.69 Å². The monoisotopic (exact) mass is 352 g/mol. The van der Waals surface area contributed by atoms with Gasteiger partial charge in [0, 0.05) is 33.4 Å². The largest absolute Gasteiger partial charge is 0.366 e. The van der Waals surface area contributed by atoms with Gasteiger partial charge in [-0.2, -0.15) is 0 Å². The van der Waals surface area contributed by atoms with Gasteiger partial charge in [0.1, 0.15) is 5.39 Å². The summed E-state index contributed by atoms with van der Waals surface area (Å²) >= 11 is 0. The molecule has 26 heavy (non-hydrogen) atoms. The lowest BCUT2D eigenvalue weighted by molar-refractivity contribution is 0.705. The van der Waals surface area contributed by atoms with Crippen molar-refractivity contribution in [1.82, 2.24) is 14.1 Å². The van der Waals surface area contributed by atoms with E-state index in [0.717, 1.165) is 28.8 Å². The van der Waals surface area contributed by atoms with Crippen molar-refractivity contribution in [2.75, 3.05) is 11.4 Å². The molecule has 0 fully saturated rings. The highest BCUT2D eigenvalue weighted by Gasteiger charge is 2.20. The zero-order chi connectivity index (χ0) is 18.8. The first-order valence-electron chi connectivity index (χ1n) is 8.86. The Kier molecular flexibility index (Phi) is 4.93. The maximum atomic E-state index is 12.9. The number of nitrogens with zero attached hydrogens (tertiary/aromatic N) is 4. The molecule has 0 spiro atoms. The second-order valence-corrected chi connectivity index (χ2v) is 6.39. The number of hydrogen-bond donors (Lipinski definition) is 0. The van der Waals surface area contributed by atoms with Crippen LogP contribution in [0.1, 0.15) is 25.0 Å². The highest BCUT2D eigenvalue weighted by atomic mass is 16.2. The Hall–Kier alpha value is -2.89. The zero-order valence-corrected chi connectivity index (χ0v) is 15.7. The zero-order valence-electron chi connectivity index (χ0n) is 15.7. The van der Waals surface area contributed by atoms with E-state index >= 15 is 0 Å². The first-order chi connectivity index (χ1) is 12.5. The minimum absolute atomic E-state index is 0.299. The van der Waals surface area contributed by atoms with E-state index in [0.29, 0.717) is 17.6 Å². The summed E-state index contributed by atoms with van der Waals surface area (Å²) in [7, 11) is 3.17. The average molecular weight is 352 g/mol. The van der Waals surface area contributed by atoms with E-state index in [1.165, 1.54) is 17.2 Å². The Labute approximate surface area is 152 Å². The van der Waals surface area contributed by atoms with E-state index in [1.54, 1.807) is 13.2 Å². The predicted molar refractivity (Wildman–Crippen MR) is 105 cm³/mol. The van der Waals surface area contributed by atoms with Crippen LogP contribution in [0.3, 0.4) is 0 Å². The van der Waals surface area contributed by atoms with Crippen LogP contribution in [-0.4, -0.2) is 20.7 Å². The van der Waals surface area contributed by atoms with E-state index in [1.807, 2.05) is 18.2 Å². The summed E-state index contributed by atoms with van der Waals surface area (Å²) in [6.45, 7) is 5.55. The van der Waals surface area contributed by atoms with Gasteiger partial charge in [-0.1, -0.05) is 37.3 Å². The lowest BCUT2D eigenvalue weighted by Gasteiger charge is -2.27. The van der Waals surface area contributed by atoms with Gasteiger partial charge in [0.15, 0.2) is 5.65 Å². The molecule has 0 bridgehead atoms. The second-order valence-electron chi connectivity index (χ2n) is 6.39. The van der Waals surface area contributed by atoms with Gasteiger partial charge in [-0.3, -0.25) is 13.9 Å². The minimum atomic E-state index is -0.365. The molecule has 2 heterocycles. The summed E-state index contributed by atoms with van der Waals surface area (Å²) in [6.07, 6.45) is 2.54. The van der Waals surface area contributed by atoms with Gasteiger partial charge in [0.2, 0.25) is 0 Å². The molecule has 6 heteroatoms. The molecule has 3 rings (SSSR count). The van der Waals surface area contributed by atoms with E-state index in [4.69, 9.17) is 0 Å². The first-order valence-corrected chi connectivity index (χ1v) is 8.86.